The van der Waals surface area contributed by atoms with Gasteiger partial charge in [-0.15, -0.1) is 0 Å². The van der Waals surface area contributed by atoms with Crippen molar-refractivity contribution >= 4 is 0 Å². The largest absolute Gasteiger partial charge is 0.396 e. The van der Waals surface area contributed by atoms with E-state index in [-0.39, 0.29) is 0 Å². The van der Waals surface area contributed by atoms with Gasteiger partial charge in [0.05, 0.1) is 0 Å². The van der Waals surface area contributed by atoms with Gasteiger partial charge in [-0.25, -0.2) is 0 Å². The average molecular weight is 202 g/mol. The van der Waals surface area contributed by atoms with Crippen molar-refractivity contribution in [3.05, 3.63) is 0 Å². The van der Waals surface area contributed by atoms with Crippen LogP contribution >= 0.6 is 0 Å². The third kappa shape index (κ3) is 4.37. The van der Waals surface area contributed by atoms with Crippen molar-refractivity contribution in [2.45, 2.75) is 12.8 Å². The molecule has 0 aliphatic carbocycles. The summed E-state index contributed by atoms with van der Waals surface area (Å²) in [6, 6.07) is 0. The molecule has 1 fully saturated rings. The second kappa shape index (κ2) is 7.17. The summed E-state index contributed by atoms with van der Waals surface area (Å²) in [7, 11) is 0. The zero-order valence-corrected chi connectivity index (χ0v) is 8.86. The highest BCUT2D eigenvalue weighted by Gasteiger charge is 2.15. The predicted molar refractivity (Wildman–Crippen MR) is 56.3 cm³/mol. The standard InChI is InChI=1S/C10H22N2O2/c13-9-1-3-11-5-7-12(8-6-11)4-2-10-14/h13-14H,1-10H2. The van der Waals surface area contributed by atoms with E-state index in [4.69, 9.17) is 10.2 Å². The van der Waals surface area contributed by atoms with Crippen LogP contribution in [-0.4, -0.2) is 72.5 Å². The fraction of sp³-hybridized carbons (Fsp3) is 1.00. The molecule has 0 saturated carbocycles. The van der Waals surface area contributed by atoms with Crippen LogP contribution in [0.5, 0.6) is 0 Å². The number of aliphatic hydroxyl groups excluding tert-OH is 2. The quantitative estimate of drug-likeness (QED) is 0.602. The molecule has 0 aromatic carbocycles. The number of aliphatic hydroxyl groups is 2. The van der Waals surface area contributed by atoms with Crippen molar-refractivity contribution in [2.24, 2.45) is 0 Å². The number of rotatable bonds is 6. The van der Waals surface area contributed by atoms with Crippen molar-refractivity contribution < 1.29 is 10.2 Å². The molecule has 0 atom stereocenters. The summed E-state index contributed by atoms with van der Waals surface area (Å²) >= 11 is 0. The number of nitrogens with zero attached hydrogens (tertiary/aromatic N) is 2. The molecular formula is C10H22N2O2. The van der Waals surface area contributed by atoms with Crippen LogP contribution in [0.2, 0.25) is 0 Å². The Hall–Kier alpha value is -0.160. The maximum Gasteiger partial charge on any atom is 0.0443 e. The fourth-order valence-corrected chi connectivity index (χ4v) is 1.83. The van der Waals surface area contributed by atoms with Crippen LogP contribution in [-0.2, 0) is 0 Å². The lowest BCUT2D eigenvalue weighted by atomic mass is 10.2. The van der Waals surface area contributed by atoms with Gasteiger partial charge in [0.1, 0.15) is 0 Å². The minimum atomic E-state index is 0.296. The van der Waals surface area contributed by atoms with Gasteiger partial charge in [-0.3, -0.25) is 0 Å². The van der Waals surface area contributed by atoms with Crippen molar-refractivity contribution in [3.8, 4) is 0 Å². The van der Waals surface area contributed by atoms with Gasteiger partial charge in [0.25, 0.3) is 0 Å². The van der Waals surface area contributed by atoms with Gasteiger partial charge in [0.2, 0.25) is 0 Å². The van der Waals surface area contributed by atoms with E-state index in [1.807, 2.05) is 0 Å². The molecule has 1 saturated heterocycles. The molecular weight excluding hydrogens is 180 g/mol. The summed E-state index contributed by atoms with van der Waals surface area (Å²) in [5, 5.41) is 17.4. The normalized spacial score (nSPS) is 20.1. The van der Waals surface area contributed by atoms with E-state index in [0.717, 1.165) is 52.1 Å². The second-order valence-electron chi connectivity index (χ2n) is 3.84. The minimum absolute atomic E-state index is 0.296. The SMILES string of the molecule is OCCCN1CCN(CCCO)CC1. The molecule has 0 aromatic heterocycles. The summed E-state index contributed by atoms with van der Waals surface area (Å²) in [4.78, 5) is 4.79. The summed E-state index contributed by atoms with van der Waals surface area (Å²) in [6.45, 7) is 7.04. The van der Waals surface area contributed by atoms with Gasteiger partial charge in [0.15, 0.2) is 0 Å². The summed E-state index contributed by atoms with van der Waals surface area (Å²) in [5.74, 6) is 0. The molecule has 4 nitrogen and oxygen atoms in total. The third-order valence-corrected chi connectivity index (χ3v) is 2.73. The Morgan fingerprint density at radius 3 is 1.36 bits per heavy atom. The molecule has 2 N–H and O–H groups in total. The highest BCUT2D eigenvalue weighted by molar-refractivity contribution is 4.71. The lowest BCUT2D eigenvalue weighted by molar-refractivity contribution is 0.118. The maximum atomic E-state index is 8.70. The zero-order valence-electron chi connectivity index (χ0n) is 8.86. The lowest BCUT2D eigenvalue weighted by Gasteiger charge is -2.34. The number of hydrogen-bond donors (Lipinski definition) is 2. The van der Waals surface area contributed by atoms with E-state index >= 15 is 0 Å². The molecule has 4 heteroatoms. The Morgan fingerprint density at radius 1 is 0.714 bits per heavy atom. The maximum absolute atomic E-state index is 8.70. The van der Waals surface area contributed by atoms with Crippen LogP contribution in [0.15, 0.2) is 0 Å². The molecule has 0 unspecified atom stereocenters. The van der Waals surface area contributed by atoms with Gasteiger partial charge in [-0.1, -0.05) is 0 Å². The first-order valence-corrected chi connectivity index (χ1v) is 5.53. The zero-order chi connectivity index (χ0) is 10.2. The summed E-state index contributed by atoms with van der Waals surface area (Å²) < 4.78 is 0. The van der Waals surface area contributed by atoms with E-state index in [2.05, 4.69) is 9.80 Å². The van der Waals surface area contributed by atoms with Crippen LogP contribution in [0.25, 0.3) is 0 Å². The van der Waals surface area contributed by atoms with E-state index < -0.39 is 0 Å². The van der Waals surface area contributed by atoms with Crippen molar-refractivity contribution in [1.82, 2.24) is 9.80 Å². The molecule has 1 aliphatic heterocycles. The number of piperazine rings is 1. The molecule has 0 amide bonds. The second-order valence-corrected chi connectivity index (χ2v) is 3.84. The molecule has 0 bridgehead atoms. The Labute approximate surface area is 86.1 Å². The average Bonchev–Trinajstić information content (AvgIpc) is 2.25. The molecule has 84 valence electrons. The topological polar surface area (TPSA) is 46.9 Å². The van der Waals surface area contributed by atoms with Gasteiger partial charge in [-0.05, 0) is 12.8 Å². The third-order valence-electron chi connectivity index (χ3n) is 2.73. The van der Waals surface area contributed by atoms with E-state index in [9.17, 15) is 0 Å². The van der Waals surface area contributed by atoms with Crippen LogP contribution < -0.4 is 0 Å². The van der Waals surface area contributed by atoms with Crippen molar-refractivity contribution in [1.29, 1.82) is 0 Å². The summed E-state index contributed by atoms with van der Waals surface area (Å²) in [5.41, 5.74) is 0. The van der Waals surface area contributed by atoms with Gasteiger partial charge >= 0.3 is 0 Å². The summed E-state index contributed by atoms with van der Waals surface area (Å²) in [6.07, 6.45) is 1.77. The van der Waals surface area contributed by atoms with Crippen LogP contribution in [0.4, 0.5) is 0 Å². The molecule has 1 aliphatic rings. The smallest absolute Gasteiger partial charge is 0.0443 e. The van der Waals surface area contributed by atoms with E-state index in [1.54, 1.807) is 0 Å². The molecule has 0 radical (unpaired) electrons. The Kier molecular flexibility index (Phi) is 6.10. The monoisotopic (exact) mass is 202 g/mol. The van der Waals surface area contributed by atoms with Crippen LogP contribution in [0.1, 0.15) is 12.8 Å². The Bertz CT molecular complexity index is 120. The van der Waals surface area contributed by atoms with Crippen molar-refractivity contribution in [3.63, 3.8) is 0 Å². The van der Waals surface area contributed by atoms with Gasteiger partial charge in [-0.2, -0.15) is 0 Å². The molecule has 1 heterocycles. The predicted octanol–water partition coefficient (Wildman–Crippen LogP) is -0.631. The first kappa shape index (κ1) is 11.9. The lowest BCUT2D eigenvalue weighted by Crippen LogP contribution is -2.46. The van der Waals surface area contributed by atoms with Gasteiger partial charge < -0.3 is 20.0 Å². The highest BCUT2D eigenvalue weighted by atomic mass is 16.3. The van der Waals surface area contributed by atoms with Gasteiger partial charge in [0, 0.05) is 52.5 Å². The first-order valence-electron chi connectivity index (χ1n) is 5.53. The first-order chi connectivity index (χ1) is 6.86. The molecule has 0 aromatic rings. The Morgan fingerprint density at radius 2 is 1.07 bits per heavy atom. The fourth-order valence-electron chi connectivity index (χ4n) is 1.83. The Balaban J connectivity index is 2.05. The van der Waals surface area contributed by atoms with E-state index in [0.29, 0.717) is 13.2 Å². The van der Waals surface area contributed by atoms with E-state index in [1.165, 1.54) is 0 Å². The van der Waals surface area contributed by atoms with Crippen LogP contribution in [0, 0.1) is 0 Å². The number of hydrogen-bond acceptors (Lipinski definition) is 4. The highest BCUT2D eigenvalue weighted by Crippen LogP contribution is 2.02. The molecule has 1 rings (SSSR count). The van der Waals surface area contributed by atoms with Crippen molar-refractivity contribution in [2.75, 3.05) is 52.5 Å². The van der Waals surface area contributed by atoms with Crippen LogP contribution in [0.3, 0.4) is 0 Å². The molecule has 14 heavy (non-hydrogen) atoms. The molecule has 0 spiro atoms. The minimum Gasteiger partial charge on any atom is -0.396 e.